The van der Waals surface area contributed by atoms with E-state index >= 15 is 0 Å². The Kier molecular flexibility index (Phi) is 3.23. The van der Waals surface area contributed by atoms with Gasteiger partial charge in [0.25, 0.3) is 6.21 Å². The van der Waals surface area contributed by atoms with Crippen LogP contribution in [-0.4, -0.2) is 17.1 Å². The van der Waals surface area contributed by atoms with Crippen molar-refractivity contribution in [3.05, 3.63) is 35.4 Å². The molecule has 68 valence electrons. The molecule has 13 heavy (non-hydrogen) atoms. The molecule has 3 heteroatoms. The van der Waals surface area contributed by atoms with E-state index < -0.39 is 0 Å². The van der Waals surface area contributed by atoms with Gasteiger partial charge in [0.15, 0.2) is 0 Å². The summed E-state index contributed by atoms with van der Waals surface area (Å²) in [6.45, 7) is 3.90. The monoisotopic (exact) mass is 176 g/mol. The maximum atomic E-state index is 8.39. The molecule has 0 radical (unpaired) electrons. The molecule has 0 fully saturated rings. The van der Waals surface area contributed by atoms with Crippen LogP contribution in [0.2, 0.25) is 0 Å². The molecule has 0 aliphatic carbocycles. The predicted octanol–water partition coefficient (Wildman–Crippen LogP) is 2.12. The number of ether oxygens (including phenoxy) is 1. The van der Waals surface area contributed by atoms with Gasteiger partial charge in [-0.3, -0.25) is 0 Å². The number of nitrogens with zero attached hydrogens (tertiary/aromatic N) is 2. The molecule has 0 aromatic heterocycles. The van der Waals surface area contributed by atoms with Crippen LogP contribution in [0.4, 0.5) is 0 Å². The summed E-state index contributed by atoms with van der Waals surface area (Å²) in [5, 5.41) is 0. The van der Waals surface area contributed by atoms with Crippen LogP contribution in [-0.2, 0) is 0 Å². The average Bonchev–Trinajstić information content (AvgIpc) is 2.08. The number of hydrogen-bond donors (Lipinski definition) is 0. The van der Waals surface area contributed by atoms with Gasteiger partial charge in [-0.05, 0) is 26.0 Å². The lowest BCUT2D eigenvalue weighted by Gasteiger charge is -2.09. The molecule has 0 bridgehead atoms. The van der Waals surface area contributed by atoms with Crippen LogP contribution in [0.25, 0.3) is 5.53 Å². The van der Waals surface area contributed by atoms with Crippen molar-refractivity contribution in [1.82, 2.24) is 0 Å². The quantitative estimate of drug-likeness (QED) is 0.395. The summed E-state index contributed by atoms with van der Waals surface area (Å²) < 4.78 is 5.50. The van der Waals surface area contributed by atoms with Crippen LogP contribution in [0.15, 0.2) is 24.3 Å². The zero-order chi connectivity index (χ0) is 9.68. The van der Waals surface area contributed by atoms with E-state index in [1.807, 2.05) is 38.1 Å². The normalized spacial score (nSPS) is 9.46. The Morgan fingerprint density at radius 2 is 2.08 bits per heavy atom. The highest BCUT2D eigenvalue weighted by Crippen LogP contribution is 2.16. The predicted molar refractivity (Wildman–Crippen MR) is 51.0 cm³/mol. The van der Waals surface area contributed by atoms with Gasteiger partial charge in [-0.15, -0.1) is 0 Å². The Balaban J connectivity index is 2.97. The van der Waals surface area contributed by atoms with Crippen LogP contribution >= 0.6 is 0 Å². The lowest BCUT2D eigenvalue weighted by atomic mass is 10.2. The smallest absolute Gasteiger partial charge is 0.291 e. The van der Waals surface area contributed by atoms with E-state index in [2.05, 4.69) is 4.79 Å². The first kappa shape index (κ1) is 9.49. The topological polar surface area (TPSA) is 45.6 Å². The van der Waals surface area contributed by atoms with Gasteiger partial charge in [0.2, 0.25) is 0 Å². The molecule has 0 saturated carbocycles. The highest BCUT2D eigenvalue weighted by molar-refractivity contribution is 5.79. The van der Waals surface area contributed by atoms with Crippen LogP contribution in [0, 0.1) is 0 Å². The van der Waals surface area contributed by atoms with E-state index in [1.165, 1.54) is 6.21 Å². The third-order valence-corrected chi connectivity index (χ3v) is 1.48. The van der Waals surface area contributed by atoms with Gasteiger partial charge < -0.3 is 10.3 Å². The number of rotatable bonds is 3. The van der Waals surface area contributed by atoms with Gasteiger partial charge in [-0.2, -0.15) is 4.79 Å². The SMILES string of the molecule is CC(C)Oc1ccccc1C=[N+]=[N-]. The van der Waals surface area contributed by atoms with Crippen LogP contribution < -0.4 is 4.74 Å². The first-order chi connectivity index (χ1) is 6.24. The highest BCUT2D eigenvalue weighted by atomic mass is 16.5. The molecule has 0 aliphatic heterocycles. The molecule has 0 amide bonds. The van der Waals surface area contributed by atoms with Gasteiger partial charge >= 0.3 is 0 Å². The summed E-state index contributed by atoms with van der Waals surface area (Å²) in [7, 11) is 0. The molecule has 1 aromatic carbocycles. The van der Waals surface area contributed by atoms with Crippen molar-refractivity contribution in [2.75, 3.05) is 0 Å². The Morgan fingerprint density at radius 3 is 2.69 bits per heavy atom. The lowest BCUT2D eigenvalue weighted by Crippen LogP contribution is -2.07. The van der Waals surface area contributed by atoms with Gasteiger partial charge in [0.1, 0.15) is 5.75 Å². The van der Waals surface area contributed by atoms with Gasteiger partial charge in [-0.1, -0.05) is 12.1 Å². The van der Waals surface area contributed by atoms with Crippen LogP contribution in [0.3, 0.4) is 0 Å². The Labute approximate surface area is 77.6 Å². The van der Waals surface area contributed by atoms with E-state index in [-0.39, 0.29) is 6.10 Å². The molecular formula is C10H12N2O. The minimum Gasteiger partial charge on any atom is -0.490 e. The summed E-state index contributed by atoms with van der Waals surface area (Å²) in [5.41, 5.74) is 9.17. The Hall–Kier alpha value is -1.60. The van der Waals surface area contributed by atoms with E-state index in [0.29, 0.717) is 0 Å². The Bertz CT molecular complexity index is 327. The highest BCUT2D eigenvalue weighted by Gasteiger charge is 2.04. The maximum Gasteiger partial charge on any atom is 0.291 e. The average molecular weight is 176 g/mol. The molecular weight excluding hydrogens is 164 g/mol. The minimum atomic E-state index is 0.119. The molecule has 3 nitrogen and oxygen atoms in total. The Morgan fingerprint density at radius 1 is 1.38 bits per heavy atom. The van der Waals surface area contributed by atoms with Crippen LogP contribution in [0.1, 0.15) is 19.4 Å². The molecule has 0 spiro atoms. The van der Waals surface area contributed by atoms with Crippen LogP contribution in [0.5, 0.6) is 5.75 Å². The molecule has 0 saturated heterocycles. The van der Waals surface area contributed by atoms with Gasteiger partial charge in [0, 0.05) is 0 Å². The summed E-state index contributed by atoms with van der Waals surface area (Å²) >= 11 is 0. The number of hydrogen-bond acceptors (Lipinski definition) is 1. The molecule has 1 aromatic rings. The van der Waals surface area contributed by atoms with E-state index in [4.69, 9.17) is 10.3 Å². The lowest BCUT2D eigenvalue weighted by molar-refractivity contribution is 0.00435. The van der Waals surface area contributed by atoms with Crippen molar-refractivity contribution in [2.24, 2.45) is 0 Å². The van der Waals surface area contributed by atoms with E-state index in [0.717, 1.165) is 11.3 Å². The van der Waals surface area contributed by atoms with Crippen molar-refractivity contribution >= 4 is 6.21 Å². The third-order valence-electron chi connectivity index (χ3n) is 1.48. The fraction of sp³-hybridized carbons (Fsp3) is 0.300. The van der Waals surface area contributed by atoms with Crippen molar-refractivity contribution in [2.45, 2.75) is 20.0 Å². The maximum absolute atomic E-state index is 8.39. The first-order valence-electron chi connectivity index (χ1n) is 4.17. The second kappa shape index (κ2) is 4.43. The summed E-state index contributed by atoms with van der Waals surface area (Å²) in [4.78, 5) is 2.97. The van der Waals surface area contributed by atoms with E-state index in [9.17, 15) is 0 Å². The molecule has 1 rings (SSSR count). The summed E-state index contributed by atoms with van der Waals surface area (Å²) in [6, 6.07) is 7.42. The zero-order valence-electron chi connectivity index (χ0n) is 7.77. The van der Waals surface area contributed by atoms with Crippen molar-refractivity contribution < 1.29 is 9.53 Å². The largest absolute Gasteiger partial charge is 0.490 e. The summed E-state index contributed by atoms with van der Waals surface area (Å²) in [5.74, 6) is 0.732. The standard InChI is InChI=1S/C10H12N2O/c1-8(2)13-10-6-4-3-5-9(10)7-12-11/h3-8H,1-2H3. The zero-order valence-corrected chi connectivity index (χ0v) is 7.77. The molecule has 0 heterocycles. The fourth-order valence-electron chi connectivity index (χ4n) is 1.01. The van der Waals surface area contributed by atoms with Gasteiger partial charge in [0.05, 0.1) is 11.7 Å². The third kappa shape index (κ3) is 2.73. The second-order valence-corrected chi connectivity index (χ2v) is 2.95. The number of benzene rings is 1. The van der Waals surface area contributed by atoms with Gasteiger partial charge in [-0.25, -0.2) is 0 Å². The molecule has 0 N–H and O–H groups in total. The second-order valence-electron chi connectivity index (χ2n) is 2.95. The first-order valence-corrected chi connectivity index (χ1v) is 4.17. The molecule has 0 unspecified atom stereocenters. The van der Waals surface area contributed by atoms with E-state index in [1.54, 1.807) is 0 Å². The minimum absolute atomic E-state index is 0.119. The van der Waals surface area contributed by atoms with Crippen molar-refractivity contribution in [1.29, 1.82) is 0 Å². The molecule has 0 atom stereocenters. The summed E-state index contributed by atoms with van der Waals surface area (Å²) in [6.07, 6.45) is 1.48. The fourth-order valence-corrected chi connectivity index (χ4v) is 1.01. The van der Waals surface area contributed by atoms with Crippen molar-refractivity contribution in [3.63, 3.8) is 0 Å². The number of para-hydroxylation sites is 1. The molecule has 0 aliphatic rings. The van der Waals surface area contributed by atoms with Crippen molar-refractivity contribution in [3.8, 4) is 5.75 Å².